The first-order valence-corrected chi connectivity index (χ1v) is 106. The van der Waals surface area contributed by atoms with Crippen molar-refractivity contribution in [3.05, 3.63) is 0 Å². The average molecular weight is 1810 g/mol. The molecule has 2 aliphatic rings. The minimum absolute atomic E-state index is 4.96. The monoisotopic (exact) mass is 1790 g/mol. The summed E-state index contributed by atoms with van der Waals surface area (Å²) in [6.07, 6.45) is -16.8. The number of hydrogen-bond acceptors (Lipinski definition) is 0. The molecule has 2 rings (SSSR count). The highest BCUT2D eigenvalue weighted by molar-refractivity contribution is 8.75. The van der Waals surface area contributed by atoms with Gasteiger partial charge >= 0.3 is 44.2 Å². The second kappa shape index (κ2) is 18.9. The van der Waals surface area contributed by atoms with E-state index in [1.165, 1.54) is 0 Å². The Morgan fingerprint density at radius 1 is 0.200 bits per heavy atom. The van der Waals surface area contributed by atoms with E-state index in [-0.39, 0.29) is 0 Å². The molecule has 55 heavy (non-hydrogen) atoms. The van der Waals surface area contributed by atoms with Crippen molar-refractivity contribution in [3.8, 4) is 0 Å². The Morgan fingerprint density at radius 3 is 0.455 bits per heavy atom. The van der Waals surface area contributed by atoms with Crippen LogP contribution in [0.3, 0.4) is 0 Å². The molecule has 55 heteroatoms. The van der Waals surface area contributed by atoms with E-state index in [0.29, 0.717) is 0 Å². The lowest BCUT2D eigenvalue weighted by Gasteiger charge is -2.62. The lowest BCUT2D eigenvalue weighted by Crippen LogP contribution is -3.04. The van der Waals surface area contributed by atoms with Crippen LogP contribution < -0.4 is 0 Å². The Balaban J connectivity index is 4.04. The zero-order valence-corrected chi connectivity index (χ0v) is 69.3. The van der Waals surface area contributed by atoms with Gasteiger partial charge in [-0.3, -0.25) is 0 Å². The van der Waals surface area contributed by atoms with Crippen molar-refractivity contribution in [2.75, 3.05) is 0 Å². The van der Waals surface area contributed by atoms with Crippen LogP contribution in [0.1, 0.15) is 0 Å². The average Bonchev–Trinajstić information content (AvgIpc) is 2.96. The molecule has 4 atom stereocenters. The van der Waals surface area contributed by atoms with Gasteiger partial charge in [0.15, 0.2) is 30.3 Å². The number of rotatable bonds is 10. The first-order chi connectivity index (χ1) is 23.0. The van der Waals surface area contributed by atoms with Crippen molar-refractivity contribution < 1.29 is 0 Å². The molecule has 328 valence electrons. The van der Waals surface area contributed by atoms with Gasteiger partial charge in [-0.05, 0) is 0 Å². The third-order valence-electron chi connectivity index (χ3n) is 8.94. The first-order valence-electron chi connectivity index (χ1n) is 11.8. The highest BCUT2D eigenvalue weighted by Gasteiger charge is 3.17. The molecule has 0 spiro atoms. The molecular weight excluding hydrogens is 1810 g/mol. The van der Waals surface area contributed by atoms with Crippen molar-refractivity contribution in [2.24, 2.45) is 0 Å². The highest BCUT2D eigenvalue weighted by Crippen LogP contribution is 2.81. The van der Waals surface area contributed by atoms with Gasteiger partial charge in [0.2, 0.25) is 23.3 Å². The quantitative estimate of drug-likeness (QED) is 0.151. The molecule has 2 heterocycles. The van der Waals surface area contributed by atoms with Crippen LogP contribution in [0.25, 0.3) is 0 Å². The van der Waals surface area contributed by atoms with Crippen LogP contribution in [0.2, 0.25) is 0 Å². The van der Waals surface area contributed by atoms with Crippen LogP contribution in [-0.4, -0.2) is 109 Å². The summed E-state index contributed by atoms with van der Waals surface area (Å²) in [5.41, 5.74) is -63.3. The second-order valence-corrected chi connectivity index (χ2v) is 301. The fourth-order valence-corrected chi connectivity index (χ4v) is 1700. The molecule has 0 saturated carbocycles. The third kappa shape index (κ3) is 8.02. The third-order valence-corrected chi connectivity index (χ3v) is 724. The summed E-state index contributed by atoms with van der Waals surface area (Å²) in [6, 6.07) is 0. The van der Waals surface area contributed by atoms with Crippen LogP contribution in [0.15, 0.2) is 0 Å². The van der Waals surface area contributed by atoms with Crippen molar-refractivity contribution in [1.29, 1.82) is 0 Å². The second-order valence-electron chi connectivity index (χ2n) is 11.2. The smallest absolute Gasteiger partial charge is 0.172 e. The molecular formula is Cl36Si19. The predicted octanol–water partition coefficient (Wildman–Crippen LogP) is 17.6. The van der Waals surface area contributed by atoms with Gasteiger partial charge in [0.05, 0.1) is 0 Å². The minimum atomic E-state index is -6.03. The van der Waals surface area contributed by atoms with Crippen LogP contribution in [0.4, 0.5) is 0 Å². The van der Waals surface area contributed by atoms with E-state index >= 15 is 0 Å². The summed E-state index contributed by atoms with van der Waals surface area (Å²) in [5, 5.41) is 0. The van der Waals surface area contributed by atoms with Gasteiger partial charge < -0.3 is 0 Å². The Kier molecular flexibility index (Phi) is 22.6. The lowest BCUT2D eigenvalue weighted by molar-refractivity contribution is 2.99. The van der Waals surface area contributed by atoms with Gasteiger partial charge in [0.1, 0.15) is 0 Å². The van der Waals surface area contributed by atoms with Crippen LogP contribution in [0, 0.1) is 0 Å². The molecule has 0 aromatic carbocycles. The topological polar surface area (TPSA) is 0 Å². The summed E-state index contributed by atoms with van der Waals surface area (Å²) in [4.78, 5) is 0. The molecule has 0 N–H and O–H groups in total. The zero-order valence-electron chi connectivity index (χ0n) is 23.1. The van der Waals surface area contributed by atoms with Gasteiger partial charge in [-0.15, -0.1) is 266 Å². The van der Waals surface area contributed by atoms with E-state index in [9.17, 15) is 0 Å². The summed E-state index contributed by atoms with van der Waals surface area (Å²) in [7, 11) is 0. The number of halogens is 36. The standard InChI is InChI=1S/Cl36Si19/c1-37(2,3)49(33)45(25,26)51(35,47(29,30)53(49,39(7,8)9)40(10,11)12)55(43(19,20)21,44(22,23)24)52(36)46(27,28)50(34,38(4,5)6)54(41(13,14)15,42(16,17)18)48(52,31)32/t49-,50-,51+,52+/m0/s1. The van der Waals surface area contributed by atoms with Crippen LogP contribution >= 0.6 is 399 Å². The SMILES string of the molecule is Cl[Si](Cl)(Cl)[Si]1([Si](Cl)(Cl)Cl)[Si](Cl)(Cl)[Si@](Cl)([Si]([Si](Cl)(Cl)Cl)([Si](Cl)(Cl)Cl)[Si@@]2(Cl)[Si](Cl)(Cl)[Si]([Si](Cl)(Cl)Cl)([Si](Cl)(Cl)Cl)[Si@@](Cl)([Si](Cl)(Cl)Cl)[Si]2(Cl)Cl)[Si](Cl)(Cl)[Si@]1(Cl)[Si](Cl)(Cl)Cl. The Morgan fingerprint density at radius 2 is 0.364 bits per heavy atom. The molecule has 0 nitrogen and oxygen atoms in total. The van der Waals surface area contributed by atoms with Gasteiger partial charge in [0.25, 0.3) is 11.5 Å². The molecule has 0 aliphatic carbocycles. The molecule has 2 aliphatic heterocycles. The summed E-state index contributed by atoms with van der Waals surface area (Å²) in [6.45, 7) is 0. The largest absolute Gasteiger partial charge is 0.338 e. The van der Waals surface area contributed by atoms with Crippen molar-refractivity contribution >= 4 is 508 Å². The van der Waals surface area contributed by atoms with Crippen molar-refractivity contribution in [2.45, 2.75) is 0 Å². The van der Waals surface area contributed by atoms with Crippen LogP contribution in [0.5, 0.6) is 0 Å². The van der Waals surface area contributed by atoms with Gasteiger partial charge in [-0.25, -0.2) is 0 Å². The molecule has 0 aromatic heterocycles. The molecule has 2 saturated heterocycles. The predicted molar refractivity (Wildman–Crippen MR) is 320 cm³/mol. The van der Waals surface area contributed by atoms with E-state index in [0.717, 1.165) is 0 Å². The maximum absolute atomic E-state index is 8.25. The molecule has 0 aromatic rings. The lowest BCUT2D eigenvalue weighted by atomic mass is 25.6. The fourth-order valence-electron chi connectivity index (χ4n) is 7.01. The van der Waals surface area contributed by atoms with E-state index in [1.54, 1.807) is 0 Å². The zero-order chi connectivity index (χ0) is 45.5. The Bertz CT molecular complexity index is 1370. The van der Waals surface area contributed by atoms with E-state index in [4.69, 9.17) is 399 Å². The molecule has 0 radical (unpaired) electrons. The maximum Gasteiger partial charge on any atom is 0.338 e. The normalized spacial score (nSPS) is 34.3. The molecule has 0 bridgehead atoms. The molecule has 0 amide bonds. The van der Waals surface area contributed by atoms with E-state index in [2.05, 4.69) is 0 Å². The van der Waals surface area contributed by atoms with Crippen molar-refractivity contribution in [1.82, 2.24) is 0 Å². The summed E-state index contributed by atoms with van der Waals surface area (Å²) >= 11 is 264. The highest BCUT2D eigenvalue weighted by atomic mass is 35.9. The Hall–Kier alpha value is 14.6. The molecule has 0 unspecified atom stereocenters. The summed E-state index contributed by atoms with van der Waals surface area (Å²) < 4.78 is 0. The van der Waals surface area contributed by atoms with Gasteiger partial charge in [-0.1, -0.05) is 0 Å². The maximum atomic E-state index is 8.25. The molecule has 2 fully saturated rings. The Labute approximate surface area is 497 Å². The fraction of sp³-hybridized carbons (Fsp3) is 0. The van der Waals surface area contributed by atoms with Gasteiger partial charge in [-0.2, -0.15) is 133 Å². The minimum Gasteiger partial charge on any atom is -0.172 e. The summed E-state index contributed by atoms with van der Waals surface area (Å²) in [5.74, 6) is -22.5. The van der Waals surface area contributed by atoms with E-state index in [1.807, 2.05) is 0 Å². The first kappa shape index (κ1) is 65.7. The van der Waals surface area contributed by atoms with Gasteiger partial charge in [0, 0.05) is 0 Å². The van der Waals surface area contributed by atoms with Crippen molar-refractivity contribution in [3.63, 3.8) is 0 Å². The van der Waals surface area contributed by atoms with E-state index < -0.39 is 109 Å². The number of hydrogen-bond donors (Lipinski definition) is 0. The van der Waals surface area contributed by atoms with Crippen LogP contribution in [-0.2, 0) is 0 Å².